The lowest BCUT2D eigenvalue weighted by Gasteiger charge is -2.24. The van der Waals surface area contributed by atoms with Crippen LogP contribution in [0.5, 0.6) is 0 Å². The fourth-order valence-electron chi connectivity index (χ4n) is 2.26. The molecule has 0 saturated heterocycles. The summed E-state index contributed by atoms with van der Waals surface area (Å²) in [6.45, 7) is 0.577. The Morgan fingerprint density at radius 1 is 1.10 bits per heavy atom. The number of ether oxygens (including phenoxy) is 1. The van der Waals surface area contributed by atoms with Gasteiger partial charge in [-0.05, 0) is 11.1 Å². The molecule has 2 N–H and O–H groups in total. The van der Waals surface area contributed by atoms with Gasteiger partial charge in [-0.3, -0.25) is 0 Å². The predicted octanol–water partition coefficient (Wildman–Crippen LogP) is 2.62. The maximum absolute atomic E-state index is 11.4. The summed E-state index contributed by atoms with van der Waals surface area (Å²) < 4.78 is 5.15. The van der Waals surface area contributed by atoms with Gasteiger partial charge >= 0.3 is 5.97 Å². The van der Waals surface area contributed by atoms with Crippen LogP contribution in [-0.2, 0) is 16.1 Å². The van der Waals surface area contributed by atoms with Gasteiger partial charge in [0.05, 0.1) is 6.04 Å². The molecule has 0 fully saturated rings. The van der Waals surface area contributed by atoms with E-state index in [-0.39, 0.29) is 0 Å². The third-order valence-electron chi connectivity index (χ3n) is 3.33. The van der Waals surface area contributed by atoms with Crippen LogP contribution < -0.4 is 5.32 Å². The number of rotatable bonds is 7. The summed E-state index contributed by atoms with van der Waals surface area (Å²) in [7, 11) is 1.42. The molecule has 4 nitrogen and oxygen atoms in total. The Labute approximate surface area is 124 Å². The molecule has 0 aliphatic heterocycles. The van der Waals surface area contributed by atoms with Gasteiger partial charge in [0.15, 0.2) is 6.10 Å². The van der Waals surface area contributed by atoms with Crippen LogP contribution in [0.2, 0.25) is 0 Å². The normalized spacial score (nSPS) is 13.6. The van der Waals surface area contributed by atoms with Crippen LogP contribution in [0.4, 0.5) is 0 Å². The lowest BCUT2D eigenvalue weighted by atomic mass is 10.0. The maximum Gasteiger partial charge on any atom is 0.334 e. The first kappa shape index (κ1) is 15.2. The minimum absolute atomic E-state index is 0.408. The maximum atomic E-state index is 11.4. The van der Waals surface area contributed by atoms with E-state index in [1.54, 1.807) is 0 Å². The largest absolute Gasteiger partial charge is 0.479 e. The lowest BCUT2D eigenvalue weighted by Crippen LogP contribution is -2.38. The zero-order valence-electron chi connectivity index (χ0n) is 11.9. The second kappa shape index (κ2) is 7.57. The zero-order chi connectivity index (χ0) is 15.1. The molecular weight excluding hydrogens is 266 g/mol. The van der Waals surface area contributed by atoms with E-state index in [4.69, 9.17) is 4.74 Å². The van der Waals surface area contributed by atoms with E-state index in [9.17, 15) is 9.90 Å². The highest BCUT2D eigenvalue weighted by Crippen LogP contribution is 2.20. The van der Waals surface area contributed by atoms with Gasteiger partial charge in [-0.1, -0.05) is 60.7 Å². The molecule has 0 radical (unpaired) electrons. The topological polar surface area (TPSA) is 58.6 Å². The number of nitrogens with one attached hydrogen (secondary N) is 1. The van der Waals surface area contributed by atoms with E-state index in [1.165, 1.54) is 7.11 Å². The van der Waals surface area contributed by atoms with Crippen molar-refractivity contribution in [3.05, 3.63) is 71.8 Å². The number of hydrogen-bond acceptors (Lipinski definition) is 3. The molecule has 110 valence electrons. The highest BCUT2D eigenvalue weighted by molar-refractivity contribution is 5.73. The van der Waals surface area contributed by atoms with Crippen molar-refractivity contribution in [3.63, 3.8) is 0 Å². The molecule has 0 saturated carbocycles. The van der Waals surface area contributed by atoms with Crippen LogP contribution in [0, 0.1) is 0 Å². The van der Waals surface area contributed by atoms with Gasteiger partial charge in [-0.25, -0.2) is 4.79 Å². The molecule has 0 amide bonds. The first-order valence-electron chi connectivity index (χ1n) is 6.80. The van der Waals surface area contributed by atoms with Crippen molar-refractivity contribution in [1.29, 1.82) is 0 Å². The molecule has 0 unspecified atom stereocenters. The fraction of sp³-hybridized carbons (Fsp3) is 0.235. The van der Waals surface area contributed by atoms with E-state index in [2.05, 4.69) is 5.32 Å². The van der Waals surface area contributed by atoms with Crippen LogP contribution >= 0.6 is 0 Å². The molecule has 2 rings (SSSR count). The summed E-state index contributed by atoms with van der Waals surface area (Å²) in [5.74, 6) is -0.980. The first-order chi connectivity index (χ1) is 10.2. The summed E-state index contributed by atoms with van der Waals surface area (Å²) in [6.07, 6.45) is -0.934. The van der Waals surface area contributed by atoms with Gasteiger partial charge in [0, 0.05) is 13.7 Å². The van der Waals surface area contributed by atoms with Crippen LogP contribution in [0.25, 0.3) is 0 Å². The predicted molar refractivity (Wildman–Crippen MR) is 80.9 cm³/mol. The molecule has 21 heavy (non-hydrogen) atoms. The van der Waals surface area contributed by atoms with Crippen LogP contribution in [0.3, 0.4) is 0 Å². The molecule has 2 aromatic carbocycles. The minimum atomic E-state index is -0.980. The standard InChI is InChI=1S/C17H19NO3/c1-21-16(17(19)20)15(14-10-6-3-7-11-14)18-12-13-8-4-2-5-9-13/h2-11,15-16,18H,12H2,1H3,(H,19,20)/t15-,16+/m0/s1. The Balaban J connectivity index is 2.18. The zero-order valence-corrected chi connectivity index (χ0v) is 11.9. The second-order valence-corrected chi connectivity index (χ2v) is 4.75. The smallest absolute Gasteiger partial charge is 0.334 e. The van der Waals surface area contributed by atoms with Crippen molar-refractivity contribution in [2.45, 2.75) is 18.7 Å². The SMILES string of the molecule is CO[C@@H](C(=O)O)[C@@H](NCc1ccccc1)c1ccccc1. The lowest BCUT2D eigenvalue weighted by molar-refractivity contribution is -0.150. The number of hydrogen-bond donors (Lipinski definition) is 2. The van der Waals surface area contributed by atoms with Crippen molar-refractivity contribution >= 4 is 5.97 Å². The number of aliphatic carboxylic acids is 1. The number of carboxylic acid groups (broad SMARTS) is 1. The van der Waals surface area contributed by atoms with Gasteiger partial charge in [-0.15, -0.1) is 0 Å². The van der Waals surface area contributed by atoms with Crippen LogP contribution in [0.1, 0.15) is 17.2 Å². The molecule has 0 aromatic heterocycles. The van der Waals surface area contributed by atoms with Crippen molar-refractivity contribution in [2.24, 2.45) is 0 Å². The van der Waals surface area contributed by atoms with Crippen molar-refractivity contribution in [3.8, 4) is 0 Å². The minimum Gasteiger partial charge on any atom is -0.479 e. The molecule has 0 heterocycles. The third-order valence-corrected chi connectivity index (χ3v) is 3.33. The molecule has 4 heteroatoms. The van der Waals surface area contributed by atoms with E-state index >= 15 is 0 Å². The van der Waals surface area contributed by atoms with E-state index in [1.807, 2.05) is 60.7 Å². The average Bonchev–Trinajstić information content (AvgIpc) is 2.53. The average molecular weight is 285 g/mol. The van der Waals surface area contributed by atoms with Crippen molar-refractivity contribution in [2.75, 3.05) is 7.11 Å². The summed E-state index contributed by atoms with van der Waals surface area (Å²) in [5.41, 5.74) is 1.99. The summed E-state index contributed by atoms with van der Waals surface area (Å²) >= 11 is 0. The van der Waals surface area contributed by atoms with Gasteiger partial charge in [0.1, 0.15) is 0 Å². The fourth-order valence-corrected chi connectivity index (χ4v) is 2.26. The summed E-state index contributed by atoms with van der Waals surface area (Å²) in [6, 6.07) is 18.9. The molecule has 0 aliphatic rings. The van der Waals surface area contributed by atoms with Gasteiger partial charge in [-0.2, -0.15) is 0 Å². The number of carboxylic acids is 1. The molecule has 2 atom stereocenters. The first-order valence-corrected chi connectivity index (χ1v) is 6.80. The van der Waals surface area contributed by atoms with Crippen molar-refractivity contribution in [1.82, 2.24) is 5.32 Å². The number of methoxy groups -OCH3 is 1. The van der Waals surface area contributed by atoms with Crippen LogP contribution in [0.15, 0.2) is 60.7 Å². The van der Waals surface area contributed by atoms with E-state index < -0.39 is 18.1 Å². The molecule has 2 aromatic rings. The Morgan fingerprint density at radius 3 is 2.19 bits per heavy atom. The number of benzene rings is 2. The monoisotopic (exact) mass is 285 g/mol. The highest BCUT2D eigenvalue weighted by atomic mass is 16.5. The Morgan fingerprint density at radius 2 is 1.67 bits per heavy atom. The molecule has 0 spiro atoms. The van der Waals surface area contributed by atoms with E-state index in [0.29, 0.717) is 6.54 Å². The Bertz CT molecular complexity index is 557. The van der Waals surface area contributed by atoms with Crippen LogP contribution in [-0.4, -0.2) is 24.3 Å². The third kappa shape index (κ3) is 4.15. The van der Waals surface area contributed by atoms with Gasteiger partial charge in [0.25, 0.3) is 0 Å². The quantitative estimate of drug-likeness (QED) is 0.821. The summed E-state index contributed by atoms with van der Waals surface area (Å²) in [4.78, 5) is 11.4. The molecule has 0 bridgehead atoms. The molecule has 0 aliphatic carbocycles. The summed E-state index contributed by atoms with van der Waals surface area (Å²) in [5, 5.41) is 12.6. The van der Waals surface area contributed by atoms with Gasteiger partial charge in [0.2, 0.25) is 0 Å². The Hall–Kier alpha value is -2.17. The Kier molecular flexibility index (Phi) is 5.49. The van der Waals surface area contributed by atoms with E-state index in [0.717, 1.165) is 11.1 Å². The second-order valence-electron chi connectivity index (χ2n) is 4.75. The van der Waals surface area contributed by atoms with Crippen molar-refractivity contribution < 1.29 is 14.6 Å². The molecular formula is C17H19NO3. The van der Waals surface area contributed by atoms with Gasteiger partial charge < -0.3 is 15.2 Å². The highest BCUT2D eigenvalue weighted by Gasteiger charge is 2.28. The number of carbonyl (C=O) groups is 1.